The number of benzene rings is 1. The van der Waals surface area contributed by atoms with E-state index in [1.165, 1.54) is 18.6 Å². The zero-order chi connectivity index (χ0) is 13.1. The predicted molar refractivity (Wildman–Crippen MR) is 80.1 cm³/mol. The summed E-state index contributed by atoms with van der Waals surface area (Å²) in [6.45, 7) is 3.38. The van der Waals surface area contributed by atoms with Gasteiger partial charge in [-0.2, -0.15) is 11.8 Å². The van der Waals surface area contributed by atoms with E-state index in [0.717, 1.165) is 23.7 Å². The van der Waals surface area contributed by atoms with E-state index in [1.54, 1.807) is 0 Å². The molecule has 0 spiro atoms. The van der Waals surface area contributed by atoms with Crippen LogP contribution in [0.5, 0.6) is 5.75 Å². The summed E-state index contributed by atoms with van der Waals surface area (Å²) in [5.74, 6) is 9.00. The van der Waals surface area contributed by atoms with Crippen LogP contribution in [0, 0.1) is 11.8 Å². The lowest BCUT2D eigenvalue weighted by molar-refractivity contribution is 0.344. The van der Waals surface area contributed by atoms with Crippen LogP contribution in [-0.4, -0.2) is 24.7 Å². The smallest absolute Gasteiger partial charge is 0.119 e. The quantitative estimate of drug-likeness (QED) is 0.607. The number of nitrogens with two attached hydrogens (primary N) is 1. The molecular weight excluding hydrogens is 242 g/mol. The molecule has 0 aliphatic rings. The average Bonchev–Trinajstić information content (AvgIpc) is 2.42. The van der Waals surface area contributed by atoms with Gasteiger partial charge in [-0.25, -0.2) is 0 Å². The highest BCUT2D eigenvalue weighted by Crippen LogP contribution is 2.12. The summed E-state index contributed by atoms with van der Waals surface area (Å²) >= 11 is 1.95. The molecule has 98 valence electrons. The minimum atomic E-state index is 0.396. The molecule has 2 N–H and O–H groups in total. The molecule has 18 heavy (non-hydrogen) atoms. The summed E-state index contributed by atoms with van der Waals surface area (Å²) in [5.41, 5.74) is 6.30. The summed E-state index contributed by atoms with van der Waals surface area (Å²) in [5, 5.41) is 0. The van der Waals surface area contributed by atoms with Gasteiger partial charge in [0.15, 0.2) is 0 Å². The van der Waals surface area contributed by atoms with E-state index >= 15 is 0 Å². The van der Waals surface area contributed by atoms with Crippen molar-refractivity contribution in [2.75, 3.05) is 24.7 Å². The highest BCUT2D eigenvalue weighted by molar-refractivity contribution is 7.99. The Morgan fingerprint density at radius 1 is 1.22 bits per heavy atom. The molecule has 0 aliphatic carbocycles. The maximum atomic E-state index is 5.65. The molecule has 2 nitrogen and oxygen atoms in total. The Morgan fingerprint density at radius 2 is 2.00 bits per heavy atom. The maximum absolute atomic E-state index is 5.65. The van der Waals surface area contributed by atoms with Gasteiger partial charge in [0.05, 0.1) is 13.2 Å². The molecule has 0 amide bonds. The summed E-state index contributed by atoms with van der Waals surface area (Å²) in [6, 6.07) is 7.83. The molecule has 1 rings (SSSR count). The van der Waals surface area contributed by atoms with Crippen molar-refractivity contribution in [1.82, 2.24) is 0 Å². The third-order valence-electron chi connectivity index (χ3n) is 2.33. The molecule has 0 heterocycles. The molecule has 3 heteroatoms. The van der Waals surface area contributed by atoms with E-state index < -0.39 is 0 Å². The van der Waals surface area contributed by atoms with Gasteiger partial charge in [-0.05, 0) is 36.4 Å². The molecule has 0 unspecified atom stereocenters. The van der Waals surface area contributed by atoms with Gasteiger partial charge in [0.2, 0.25) is 0 Å². The first kappa shape index (κ1) is 14.9. The fourth-order valence-electron chi connectivity index (χ4n) is 1.35. The van der Waals surface area contributed by atoms with Crippen molar-refractivity contribution in [3.63, 3.8) is 0 Å². The van der Waals surface area contributed by atoms with Crippen LogP contribution >= 0.6 is 11.8 Å². The molecule has 0 aliphatic heterocycles. The van der Waals surface area contributed by atoms with Gasteiger partial charge in [-0.1, -0.05) is 25.2 Å². The SMILES string of the molecule is CCCCSCCOc1ccc(C#CCN)cc1. The lowest BCUT2D eigenvalue weighted by Gasteiger charge is -2.05. The largest absolute Gasteiger partial charge is 0.493 e. The van der Waals surface area contributed by atoms with Crippen LogP contribution in [0.15, 0.2) is 24.3 Å². The third-order valence-corrected chi connectivity index (χ3v) is 3.36. The van der Waals surface area contributed by atoms with E-state index in [1.807, 2.05) is 36.0 Å². The normalized spacial score (nSPS) is 9.67. The van der Waals surface area contributed by atoms with Crippen molar-refractivity contribution in [2.45, 2.75) is 19.8 Å². The van der Waals surface area contributed by atoms with Gasteiger partial charge >= 0.3 is 0 Å². The molecule has 0 saturated heterocycles. The van der Waals surface area contributed by atoms with Crippen molar-refractivity contribution < 1.29 is 4.74 Å². The molecule has 0 atom stereocenters. The predicted octanol–water partition coefficient (Wildman–Crippen LogP) is 2.91. The summed E-state index contributed by atoms with van der Waals surface area (Å²) in [7, 11) is 0. The second kappa shape index (κ2) is 9.87. The van der Waals surface area contributed by atoms with Gasteiger partial charge < -0.3 is 10.5 Å². The second-order valence-electron chi connectivity index (χ2n) is 3.84. The maximum Gasteiger partial charge on any atom is 0.119 e. The number of unbranched alkanes of at least 4 members (excludes halogenated alkanes) is 1. The standard InChI is InChI=1S/C15H21NOS/c1-2-3-12-18-13-11-17-15-8-6-14(7-9-15)5-4-10-16/h6-9H,2-3,10-13,16H2,1H3. The van der Waals surface area contributed by atoms with Gasteiger partial charge in [0.25, 0.3) is 0 Å². The van der Waals surface area contributed by atoms with Crippen molar-refractivity contribution in [3.8, 4) is 17.6 Å². The molecule has 1 aromatic rings. The fraction of sp³-hybridized carbons (Fsp3) is 0.467. The highest BCUT2D eigenvalue weighted by Gasteiger charge is 1.94. The summed E-state index contributed by atoms with van der Waals surface area (Å²) < 4.78 is 5.65. The van der Waals surface area contributed by atoms with E-state index in [2.05, 4.69) is 18.8 Å². The Labute approximate surface area is 114 Å². The van der Waals surface area contributed by atoms with Crippen LogP contribution < -0.4 is 10.5 Å². The number of rotatable bonds is 7. The Hall–Kier alpha value is -1.11. The van der Waals surface area contributed by atoms with E-state index in [0.29, 0.717) is 6.54 Å². The molecule has 0 fully saturated rings. The Balaban J connectivity index is 2.22. The molecule has 1 aromatic carbocycles. The highest BCUT2D eigenvalue weighted by atomic mass is 32.2. The third kappa shape index (κ3) is 6.58. The number of thioether (sulfide) groups is 1. The van der Waals surface area contributed by atoms with E-state index in [-0.39, 0.29) is 0 Å². The number of ether oxygens (including phenoxy) is 1. The van der Waals surface area contributed by atoms with Crippen molar-refractivity contribution in [3.05, 3.63) is 29.8 Å². The lowest BCUT2D eigenvalue weighted by Crippen LogP contribution is -2.00. The van der Waals surface area contributed by atoms with Gasteiger partial charge in [0, 0.05) is 11.3 Å². The average molecular weight is 263 g/mol. The first-order chi connectivity index (χ1) is 8.86. The van der Waals surface area contributed by atoms with Gasteiger partial charge in [-0.3, -0.25) is 0 Å². The van der Waals surface area contributed by atoms with Crippen LogP contribution in [0.2, 0.25) is 0 Å². The summed E-state index contributed by atoms with van der Waals surface area (Å²) in [6.07, 6.45) is 2.55. The Kier molecular flexibility index (Phi) is 8.20. The van der Waals surface area contributed by atoms with Crippen LogP contribution in [0.1, 0.15) is 25.3 Å². The van der Waals surface area contributed by atoms with Gasteiger partial charge in [0.1, 0.15) is 5.75 Å². The molecule has 0 saturated carbocycles. The van der Waals surface area contributed by atoms with Crippen LogP contribution in [-0.2, 0) is 0 Å². The number of hydrogen-bond acceptors (Lipinski definition) is 3. The van der Waals surface area contributed by atoms with Crippen molar-refractivity contribution >= 4 is 11.8 Å². The monoisotopic (exact) mass is 263 g/mol. The Morgan fingerprint density at radius 3 is 2.67 bits per heavy atom. The lowest BCUT2D eigenvalue weighted by atomic mass is 10.2. The topological polar surface area (TPSA) is 35.2 Å². The first-order valence-corrected chi connectivity index (χ1v) is 7.52. The minimum Gasteiger partial charge on any atom is -0.493 e. The fourth-order valence-corrected chi connectivity index (χ4v) is 2.25. The van der Waals surface area contributed by atoms with Crippen LogP contribution in [0.3, 0.4) is 0 Å². The number of hydrogen-bond donors (Lipinski definition) is 1. The minimum absolute atomic E-state index is 0.396. The van der Waals surface area contributed by atoms with E-state index in [9.17, 15) is 0 Å². The summed E-state index contributed by atoms with van der Waals surface area (Å²) in [4.78, 5) is 0. The first-order valence-electron chi connectivity index (χ1n) is 6.36. The van der Waals surface area contributed by atoms with Crippen molar-refractivity contribution in [1.29, 1.82) is 0 Å². The molecular formula is C15H21NOS. The van der Waals surface area contributed by atoms with Crippen molar-refractivity contribution in [2.24, 2.45) is 5.73 Å². The molecule has 0 radical (unpaired) electrons. The van der Waals surface area contributed by atoms with Crippen LogP contribution in [0.4, 0.5) is 0 Å². The van der Waals surface area contributed by atoms with Crippen LogP contribution in [0.25, 0.3) is 0 Å². The van der Waals surface area contributed by atoms with Gasteiger partial charge in [-0.15, -0.1) is 0 Å². The Bertz CT molecular complexity index is 378. The molecule has 0 aromatic heterocycles. The van der Waals surface area contributed by atoms with E-state index in [4.69, 9.17) is 10.5 Å². The zero-order valence-corrected chi connectivity index (χ0v) is 11.8. The second-order valence-corrected chi connectivity index (χ2v) is 5.07. The zero-order valence-electron chi connectivity index (χ0n) is 10.9. The molecule has 0 bridgehead atoms.